The predicted octanol–water partition coefficient (Wildman–Crippen LogP) is 2.65. The maximum Gasteiger partial charge on any atom is 0.152 e. The molecule has 2 N–H and O–H groups in total. The van der Waals surface area contributed by atoms with Gasteiger partial charge >= 0.3 is 0 Å². The fourth-order valence-electron chi connectivity index (χ4n) is 4.04. The highest BCUT2D eigenvalue weighted by atomic mass is 16.1. The number of nitrogens with two attached hydrogens (primary N) is 1. The normalized spacial score (nSPS) is 27.2. The first kappa shape index (κ1) is 22.4. The van der Waals surface area contributed by atoms with E-state index >= 15 is 0 Å². The Labute approximate surface area is 167 Å². The highest BCUT2D eigenvalue weighted by molar-refractivity contribution is 5.88. The molecule has 0 fully saturated rings. The molecule has 0 saturated heterocycles. The van der Waals surface area contributed by atoms with Crippen molar-refractivity contribution in [1.82, 2.24) is 15.0 Å². The van der Waals surface area contributed by atoms with E-state index in [-0.39, 0.29) is 23.9 Å². The molecule has 7 heteroatoms. The molecule has 2 rings (SSSR count). The average Bonchev–Trinajstić information content (AvgIpc) is 3.12. The van der Waals surface area contributed by atoms with E-state index < -0.39 is 10.8 Å². The van der Waals surface area contributed by atoms with Crippen LogP contribution in [0.4, 0.5) is 0 Å². The Morgan fingerprint density at radius 3 is 2.57 bits per heavy atom. The molecular weight excluding hydrogens is 356 g/mol. The van der Waals surface area contributed by atoms with Crippen LogP contribution in [0.3, 0.4) is 0 Å². The summed E-state index contributed by atoms with van der Waals surface area (Å²) < 4.78 is 1.90. The summed E-state index contributed by atoms with van der Waals surface area (Å²) in [5.41, 5.74) is 5.51. The molecule has 1 aliphatic rings. The van der Waals surface area contributed by atoms with Crippen molar-refractivity contribution < 1.29 is 14.4 Å². The number of carbonyl (C=O) groups is 3. The topological polar surface area (TPSA) is 108 Å². The van der Waals surface area contributed by atoms with Crippen LogP contribution >= 0.6 is 0 Å². The molecule has 0 saturated carbocycles. The first-order valence-electron chi connectivity index (χ1n) is 10.3. The highest BCUT2D eigenvalue weighted by Crippen LogP contribution is 2.37. The minimum absolute atomic E-state index is 0.0142. The Morgan fingerprint density at radius 2 is 1.89 bits per heavy atom. The summed E-state index contributed by atoms with van der Waals surface area (Å²) in [5, 5.41) is 8.21. The van der Waals surface area contributed by atoms with E-state index in [1.54, 1.807) is 13.1 Å². The molecule has 0 aliphatic carbocycles. The van der Waals surface area contributed by atoms with Gasteiger partial charge in [-0.25, -0.2) is 4.68 Å². The first-order valence-corrected chi connectivity index (χ1v) is 10.3. The molecule has 156 valence electrons. The van der Waals surface area contributed by atoms with Gasteiger partial charge in [0.05, 0.1) is 18.4 Å². The first-order chi connectivity index (χ1) is 13.2. The quantitative estimate of drug-likeness (QED) is 0.828. The van der Waals surface area contributed by atoms with E-state index in [1.807, 2.05) is 18.5 Å². The van der Waals surface area contributed by atoms with Crippen molar-refractivity contribution in [2.75, 3.05) is 6.54 Å². The van der Waals surface area contributed by atoms with Crippen LogP contribution in [-0.2, 0) is 27.3 Å². The summed E-state index contributed by atoms with van der Waals surface area (Å²) in [6.07, 6.45) is 7.40. The van der Waals surface area contributed by atoms with Crippen molar-refractivity contribution in [2.24, 2.45) is 16.6 Å². The van der Waals surface area contributed by atoms with Gasteiger partial charge in [0.25, 0.3) is 0 Å². The predicted molar refractivity (Wildman–Crippen MR) is 107 cm³/mol. The number of Topliss-reactive ketones (excluding diaryl/α,β-unsaturated/α-hetero) is 3. The molecule has 28 heavy (non-hydrogen) atoms. The van der Waals surface area contributed by atoms with Gasteiger partial charge in [-0.05, 0) is 45.4 Å². The molecule has 0 aromatic carbocycles. The van der Waals surface area contributed by atoms with Gasteiger partial charge in [-0.3, -0.25) is 9.59 Å². The molecule has 0 bridgehead atoms. The molecule has 0 spiro atoms. The fraction of sp³-hybridized carbons (Fsp3) is 0.762. The number of aromatic nitrogens is 3. The zero-order valence-electron chi connectivity index (χ0n) is 17.5. The summed E-state index contributed by atoms with van der Waals surface area (Å²) in [6.45, 7) is 6.17. The number of carbonyl (C=O) groups excluding carboxylic acids is 3. The van der Waals surface area contributed by atoms with E-state index in [1.165, 1.54) is 0 Å². The SMILES string of the molecule is CC(=O)CC[C@@]1(C)CCCCn2nncc2CC[C@@](C)(C(=O)CN)CCC1=O. The molecule has 1 aromatic rings. The fourth-order valence-corrected chi connectivity index (χ4v) is 4.04. The van der Waals surface area contributed by atoms with Crippen molar-refractivity contribution in [3.8, 4) is 0 Å². The van der Waals surface area contributed by atoms with Crippen LogP contribution in [0.25, 0.3) is 0 Å². The van der Waals surface area contributed by atoms with Gasteiger partial charge in [-0.1, -0.05) is 25.5 Å². The number of fused-ring (bicyclic) bond motifs is 1. The number of nitrogens with zero attached hydrogens (tertiary/aromatic N) is 3. The second kappa shape index (κ2) is 9.54. The smallest absolute Gasteiger partial charge is 0.152 e. The molecule has 2 atom stereocenters. The minimum atomic E-state index is -0.644. The maximum absolute atomic E-state index is 13.1. The maximum atomic E-state index is 13.1. The van der Waals surface area contributed by atoms with Crippen molar-refractivity contribution in [3.63, 3.8) is 0 Å². The van der Waals surface area contributed by atoms with E-state index in [4.69, 9.17) is 5.73 Å². The molecule has 0 radical (unpaired) electrons. The summed E-state index contributed by atoms with van der Waals surface area (Å²) >= 11 is 0. The third-order valence-electron chi connectivity index (χ3n) is 6.44. The Kier molecular flexibility index (Phi) is 7.63. The van der Waals surface area contributed by atoms with Crippen LogP contribution in [0.5, 0.6) is 0 Å². The number of aryl methyl sites for hydroxylation is 2. The van der Waals surface area contributed by atoms with Crippen molar-refractivity contribution in [3.05, 3.63) is 11.9 Å². The molecule has 2 heterocycles. The summed E-state index contributed by atoms with van der Waals surface area (Å²) in [7, 11) is 0. The molecule has 1 aromatic heterocycles. The lowest BCUT2D eigenvalue weighted by molar-refractivity contribution is -0.131. The Bertz CT molecular complexity index is 714. The van der Waals surface area contributed by atoms with E-state index in [9.17, 15) is 14.4 Å². The van der Waals surface area contributed by atoms with Gasteiger partial charge in [0.1, 0.15) is 11.6 Å². The lowest BCUT2D eigenvalue weighted by Gasteiger charge is -2.31. The zero-order valence-corrected chi connectivity index (χ0v) is 17.5. The largest absolute Gasteiger partial charge is 0.324 e. The summed E-state index contributed by atoms with van der Waals surface area (Å²) in [5.74, 6) is 0.246. The van der Waals surface area contributed by atoms with E-state index in [0.717, 1.165) is 31.5 Å². The molecule has 0 amide bonds. The molecule has 1 aliphatic heterocycles. The summed E-state index contributed by atoms with van der Waals surface area (Å²) in [6, 6.07) is 0. The Balaban J connectivity index is 2.27. The summed E-state index contributed by atoms with van der Waals surface area (Å²) in [4.78, 5) is 37.2. The van der Waals surface area contributed by atoms with Crippen LogP contribution in [0.15, 0.2) is 6.20 Å². The molecular formula is C21H34N4O3. The van der Waals surface area contributed by atoms with E-state index in [2.05, 4.69) is 10.3 Å². The lowest BCUT2D eigenvalue weighted by atomic mass is 9.71. The average molecular weight is 391 g/mol. The van der Waals surface area contributed by atoms with Crippen molar-refractivity contribution >= 4 is 17.3 Å². The lowest BCUT2D eigenvalue weighted by Crippen LogP contribution is -2.36. The second-order valence-electron chi connectivity index (χ2n) is 8.78. The van der Waals surface area contributed by atoms with E-state index in [0.29, 0.717) is 38.5 Å². The van der Waals surface area contributed by atoms with Crippen LogP contribution in [0, 0.1) is 10.8 Å². The van der Waals surface area contributed by atoms with Gasteiger partial charge in [0.2, 0.25) is 0 Å². The minimum Gasteiger partial charge on any atom is -0.324 e. The number of hydrogen-bond donors (Lipinski definition) is 1. The van der Waals surface area contributed by atoms with Crippen molar-refractivity contribution in [2.45, 2.75) is 85.1 Å². The molecule has 0 unspecified atom stereocenters. The molecule has 7 nitrogen and oxygen atoms in total. The van der Waals surface area contributed by atoms with Gasteiger partial charge < -0.3 is 10.5 Å². The standard InChI is InChI=1S/C21H34N4O3/c1-16(26)6-10-20(2)9-4-5-13-25-17(15-23-24-25)7-11-21(3,19(28)14-22)12-8-18(20)27/h15H,4-14,22H2,1-3H3/t20-,21-/m1/s1. The zero-order chi connectivity index (χ0) is 20.8. The van der Waals surface area contributed by atoms with Crippen LogP contribution in [0.1, 0.15) is 77.8 Å². The highest BCUT2D eigenvalue weighted by Gasteiger charge is 2.37. The van der Waals surface area contributed by atoms with Crippen LogP contribution < -0.4 is 5.73 Å². The van der Waals surface area contributed by atoms with Gasteiger partial charge in [-0.2, -0.15) is 0 Å². The Hall–Kier alpha value is -1.89. The number of hydrogen-bond acceptors (Lipinski definition) is 6. The van der Waals surface area contributed by atoms with Gasteiger partial charge in [0, 0.05) is 30.2 Å². The van der Waals surface area contributed by atoms with Crippen LogP contribution in [-0.4, -0.2) is 38.9 Å². The van der Waals surface area contributed by atoms with Crippen LogP contribution in [0.2, 0.25) is 0 Å². The number of ketones is 3. The Morgan fingerprint density at radius 1 is 1.18 bits per heavy atom. The van der Waals surface area contributed by atoms with Gasteiger partial charge in [0.15, 0.2) is 5.78 Å². The second-order valence-corrected chi connectivity index (χ2v) is 8.78. The third-order valence-corrected chi connectivity index (χ3v) is 6.44. The van der Waals surface area contributed by atoms with Crippen molar-refractivity contribution in [1.29, 1.82) is 0 Å². The number of rotatable bonds is 5. The monoisotopic (exact) mass is 390 g/mol. The van der Waals surface area contributed by atoms with Gasteiger partial charge in [-0.15, -0.1) is 5.10 Å². The third kappa shape index (κ3) is 5.56.